The third-order valence-corrected chi connectivity index (χ3v) is 3.75. The van der Waals surface area contributed by atoms with Gasteiger partial charge in [-0.05, 0) is 38.0 Å². The normalized spacial score (nSPS) is 13.5. The number of hydrogen-bond donors (Lipinski definition) is 2. The van der Waals surface area contributed by atoms with Crippen LogP contribution >= 0.6 is 11.6 Å². The number of esters is 1. The summed E-state index contributed by atoms with van der Waals surface area (Å²) in [5.74, 6) is 1.63. The van der Waals surface area contributed by atoms with Crippen molar-refractivity contribution in [2.75, 3.05) is 17.7 Å². The SMILES string of the molecule is COC(=O)c1ccc(Cl)c(Nc2cc(NC3CC3)nc(C)n2)c1. The first kappa shape index (κ1) is 15.6. The van der Waals surface area contributed by atoms with E-state index in [1.807, 2.05) is 13.0 Å². The Hall–Kier alpha value is -2.34. The van der Waals surface area contributed by atoms with Gasteiger partial charge < -0.3 is 15.4 Å². The first-order chi connectivity index (χ1) is 11.0. The van der Waals surface area contributed by atoms with E-state index in [4.69, 9.17) is 16.3 Å². The largest absolute Gasteiger partial charge is 0.465 e. The molecule has 0 radical (unpaired) electrons. The molecule has 0 atom stereocenters. The molecule has 120 valence electrons. The Morgan fingerprint density at radius 1 is 1.26 bits per heavy atom. The second-order valence-electron chi connectivity index (χ2n) is 5.42. The number of nitrogens with zero attached hydrogens (tertiary/aromatic N) is 2. The molecule has 0 saturated heterocycles. The van der Waals surface area contributed by atoms with Gasteiger partial charge in [0.2, 0.25) is 0 Å². The number of rotatable bonds is 5. The molecule has 2 aromatic rings. The molecule has 1 aliphatic rings. The molecule has 0 amide bonds. The lowest BCUT2D eigenvalue weighted by atomic mass is 10.2. The predicted octanol–water partition coefficient (Wildman–Crippen LogP) is 3.54. The maximum absolute atomic E-state index is 11.6. The third-order valence-electron chi connectivity index (χ3n) is 3.42. The smallest absolute Gasteiger partial charge is 0.337 e. The number of benzene rings is 1. The van der Waals surface area contributed by atoms with Crippen LogP contribution in [0.5, 0.6) is 0 Å². The molecular formula is C16H17ClN4O2. The fourth-order valence-electron chi connectivity index (χ4n) is 2.15. The van der Waals surface area contributed by atoms with E-state index in [1.54, 1.807) is 18.2 Å². The lowest BCUT2D eigenvalue weighted by Gasteiger charge is -2.11. The van der Waals surface area contributed by atoms with Crippen LogP contribution in [0.1, 0.15) is 29.0 Å². The maximum Gasteiger partial charge on any atom is 0.337 e. The zero-order valence-corrected chi connectivity index (χ0v) is 13.6. The van der Waals surface area contributed by atoms with Crippen LogP contribution in [0.2, 0.25) is 5.02 Å². The van der Waals surface area contributed by atoms with Crippen molar-refractivity contribution < 1.29 is 9.53 Å². The lowest BCUT2D eigenvalue weighted by molar-refractivity contribution is 0.0601. The molecular weight excluding hydrogens is 316 g/mol. The maximum atomic E-state index is 11.6. The minimum Gasteiger partial charge on any atom is -0.465 e. The van der Waals surface area contributed by atoms with Crippen molar-refractivity contribution in [3.8, 4) is 0 Å². The Bertz CT molecular complexity index is 747. The van der Waals surface area contributed by atoms with Gasteiger partial charge in [-0.1, -0.05) is 11.6 Å². The Morgan fingerprint density at radius 2 is 2.00 bits per heavy atom. The fourth-order valence-corrected chi connectivity index (χ4v) is 2.31. The number of ether oxygens (including phenoxy) is 1. The van der Waals surface area contributed by atoms with Crippen LogP contribution in [-0.2, 0) is 4.74 Å². The highest BCUT2D eigenvalue weighted by Gasteiger charge is 2.21. The number of methoxy groups -OCH3 is 1. The van der Waals surface area contributed by atoms with Gasteiger partial charge in [0.25, 0.3) is 0 Å². The van der Waals surface area contributed by atoms with E-state index in [2.05, 4.69) is 20.6 Å². The van der Waals surface area contributed by atoms with Crippen molar-refractivity contribution in [3.05, 3.63) is 40.7 Å². The van der Waals surface area contributed by atoms with Crippen LogP contribution in [0.3, 0.4) is 0 Å². The quantitative estimate of drug-likeness (QED) is 0.815. The summed E-state index contributed by atoms with van der Waals surface area (Å²) in [6, 6.07) is 7.23. The molecule has 1 aromatic carbocycles. The Labute approximate surface area is 139 Å². The standard InChI is InChI=1S/C16H17ClN4O2/c1-9-18-14(20-11-4-5-11)8-15(19-9)21-13-7-10(16(22)23-2)3-6-12(13)17/h3,6-8,11H,4-5H2,1-2H3,(H2,18,19,20,21). The number of hydrogen-bond acceptors (Lipinski definition) is 6. The molecule has 1 heterocycles. The van der Waals surface area contributed by atoms with E-state index in [0.717, 1.165) is 5.82 Å². The Balaban J connectivity index is 1.85. The highest BCUT2D eigenvalue weighted by Crippen LogP contribution is 2.28. The van der Waals surface area contributed by atoms with Gasteiger partial charge in [0.1, 0.15) is 17.5 Å². The molecule has 2 N–H and O–H groups in total. The molecule has 1 aliphatic carbocycles. The van der Waals surface area contributed by atoms with Crippen LogP contribution in [0.4, 0.5) is 17.3 Å². The number of carbonyl (C=O) groups excluding carboxylic acids is 1. The van der Waals surface area contributed by atoms with Crippen molar-refractivity contribution in [2.45, 2.75) is 25.8 Å². The second kappa shape index (κ2) is 6.42. The molecule has 3 rings (SSSR count). The average Bonchev–Trinajstić information content (AvgIpc) is 3.32. The van der Waals surface area contributed by atoms with Gasteiger partial charge in [-0.2, -0.15) is 0 Å². The summed E-state index contributed by atoms with van der Waals surface area (Å²) < 4.78 is 4.72. The van der Waals surface area contributed by atoms with Crippen LogP contribution in [0.25, 0.3) is 0 Å². The van der Waals surface area contributed by atoms with E-state index in [9.17, 15) is 4.79 Å². The molecule has 1 aromatic heterocycles. The summed E-state index contributed by atoms with van der Waals surface area (Å²) in [4.78, 5) is 20.4. The molecule has 0 unspecified atom stereocenters. The van der Waals surface area contributed by atoms with Crippen molar-refractivity contribution >= 4 is 34.9 Å². The van der Waals surface area contributed by atoms with Gasteiger partial charge >= 0.3 is 5.97 Å². The van der Waals surface area contributed by atoms with Crippen LogP contribution in [0.15, 0.2) is 24.3 Å². The van der Waals surface area contributed by atoms with Crippen molar-refractivity contribution in [2.24, 2.45) is 0 Å². The summed E-state index contributed by atoms with van der Waals surface area (Å²) in [5, 5.41) is 6.96. The lowest BCUT2D eigenvalue weighted by Crippen LogP contribution is -2.07. The summed E-state index contributed by atoms with van der Waals surface area (Å²) in [5.41, 5.74) is 1.01. The van der Waals surface area contributed by atoms with Crippen molar-refractivity contribution in [3.63, 3.8) is 0 Å². The predicted molar refractivity (Wildman–Crippen MR) is 89.5 cm³/mol. The molecule has 23 heavy (non-hydrogen) atoms. The summed E-state index contributed by atoms with van der Waals surface area (Å²) in [6.07, 6.45) is 2.33. The molecule has 0 bridgehead atoms. The number of carbonyl (C=O) groups is 1. The Kier molecular flexibility index (Phi) is 4.34. The van der Waals surface area contributed by atoms with E-state index in [-0.39, 0.29) is 0 Å². The zero-order valence-electron chi connectivity index (χ0n) is 12.9. The topological polar surface area (TPSA) is 76.1 Å². The van der Waals surface area contributed by atoms with Gasteiger partial charge in [0, 0.05) is 12.1 Å². The zero-order chi connectivity index (χ0) is 16.4. The molecule has 0 spiro atoms. The number of anilines is 3. The van der Waals surface area contributed by atoms with Crippen molar-refractivity contribution in [1.82, 2.24) is 9.97 Å². The Morgan fingerprint density at radius 3 is 2.70 bits per heavy atom. The first-order valence-electron chi connectivity index (χ1n) is 7.32. The average molecular weight is 333 g/mol. The monoisotopic (exact) mass is 332 g/mol. The molecule has 1 fully saturated rings. The van der Waals surface area contributed by atoms with Gasteiger partial charge in [-0.25, -0.2) is 14.8 Å². The molecule has 7 heteroatoms. The number of aromatic nitrogens is 2. The van der Waals surface area contributed by atoms with Crippen LogP contribution < -0.4 is 10.6 Å². The number of nitrogens with one attached hydrogen (secondary N) is 2. The number of halogens is 1. The minimum absolute atomic E-state index is 0.417. The number of aryl methyl sites for hydroxylation is 1. The van der Waals surface area contributed by atoms with Gasteiger partial charge in [0.15, 0.2) is 0 Å². The van der Waals surface area contributed by atoms with Gasteiger partial charge in [-0.15, -0.1) is 0 Å². The third kappa shape index (κ3) is 3.90. The highest BCUT2D eigenvalue weighted by atomic mass is 35.5. The summed E-state index contributed by atoms with van der Waals surface area (Å²) in [7, 11) is 1.34. The van der Waals surface area contributed by atoms with Gasteiger partial charge in [-0.3, -0.25) is 0 Å². The van der Waals surface area contributed by atoms with E-state index >= 15 is 0 Å². The highest BCUT2D eigenvalue weighted by molar-refractivity contribution is 6.33. The van der Waals surface area contributed by atoms with E-state index in [0.29, 0.717) is 34.0 Å². The van der Waals surface area contributed by atoms with Crippen LogP contribution in [0, 0.1) is 6.92 Å². The fraction of sp³-hybridized carbons (Fsp3) is 0.312. The van der Waals surface area contributed by atoms with Crippen LogP contribution in [-0.4, -0.2) is 29.1 Å². The molecule has 1 saturated carbocycles. The van der Waals surface area contributed by atoms with E-state index < -0.39 is 5.97 Å². The van der Waals surface area contributed by atoms with Gasteiger partial charge in [0.05, 0.1) is 23.4 Å². The molecule has 6 nitrogen and oxygen atoms in total. The second-order valence-corrected chi connectivity index (χ2v) is 5.82. The summed E-state index contributed by atoms with van der Waals surface area (Å²) >= 11 is 6.19. The van der Waals surface area contributed by atoms with Crippen molar-refractivity contribution in [1.29, 1.82) is 0 Å². The molecule has 0 aliphatic heterocycles. The summed E-state index contributed by atoms with van der Waals surface area (Å²) in [6.45, 7) is 1.83. The van der Waals surface area contributed by atoms with E-state index in [1.165, 1.54) is 20.0 Å². The first-order valence-corrected chi connectivity index (χ1v) is 7.70. The minimum atomic E-state index is -0.417.